The molecular weight excluding hydrogens is 343 g/mol. The van der Waals surface area contributed by atoms with E-state index in [1.165, 1.54) is 0 Å². The van der Waals surface area contributed by atoms with E-state index in [1.54, 1.807) is 0 Å². The predicted molar refractivity (Wildman–Crippen MR) is 63.4 cm³/mol. The van der Waals surface area contributed by atoms with Gasteiger partial charge in [-0.15, -0.1) is 0 Å². The van der Waals surface area contributed by atoms with Crippen LogP contribution in [0.15, 0.2) is 22.7 Å². The maximum Gasteiger partial charge on any atom is 0.132 e. The summed E-state index contributed by atoms with van der Waals surface area (Å²) in [5.74, 6) is 0. The van der Waals surface area contributed by atoms with Gasteiger partial charge < -0.3 is 4.98 Å². The van der Waals surface area contributed by atoms with E-state index in [9.17, 15) is 0 Å². The largest absolute Gasteiger partial charge is 0.345 e. The number of rotatable bonds is 0. The van der Waals surface area contributed by atoms with Gasteiger partial charge >= 0.3 is 0 Å². The Morgan fingerprint density at radius 3 is 2.92 bits per heavy atom. The molecule has 1 aromatic carbocycles. The smallest absolute Gasteiger partial charge is 0.132 e. The highest BCUT2D eigenvalue weighted by Crippen LogP contribution is 2.26. The van der Waals surface area contributed by atoms with Crippen molar-refractivity contribution in [3.8, 4) is 6.07 Å². The first-order chi connectivity index (χ1) is 6.22. The van der Waals surface area contributed by atoms with E-state index < -0.39 is 0 Å². The highest BCUT2D eigenvalue weighted by atomic mass is 127. The van der Waals surface area contributed by atoms with Crippen molar-refractivity contribution in [1.82, 2.24) is 4.98 Å². The van der Waals surface area contributed by atoms with Gasteiger partial charge in [0.2, 0.25) is 0 Å². The Morgan fingerprint density at radius 2 is 2.23 bits per heavy atom. The molecule has 0 saturated carbocycles. The lowest BCUT2D eigenvalue weighted by atomic mass is 10.2. The number of hydrogen-bond acceptors (Lipinski definition) is 1. The van der Waals surface area contributed by atoms with Gasteiger partial charge in [-0.3, -0.25) is 0 Å². The van der Waals surface area contributed by atoms with Gasteiger partial charge in [-0.25, -0.2) is 0 Å². The Morgan fingerprint density at radius 1 is 1.46 bits per heavy atom. The number of fused-ring (bicyclic) bond motifs is 1. The van der Waals surface area contributed by atoms with Crippen LogP contribution in [0.25, 0.3) is 10.9 Å². The number of nitrogens with one attached hydrogen (secondary N) is 1. The van der Waals surface area contributed by atoms with E-state index in [4.69, 9.17) is 5.26 Å². The minimum atomic E-state index is 0.633. The lowest BCUT2D eigenvalue weighted by molar-refractivity contribution is 1.36. The van der Waals surface area contributed by atoms with Crippen LogP contribution in [0.2, 0.25) is 0 Å². The molecule has 0 radical (unpaired) electrons. The number of halogens is 2. The number of H-pyrrole nitrogens is 1. The first kappa shape index (κ1) is 9.03. The molecule has 0 bridgehead atoms. The van der Waals surface area contributed by atoms with Gasteiger partial charge in [0, 0.05) is 15.4 Å². The van der Waals surface area contributed by atoms with Crippen LogP contribution in [0.1, 0.15) is 5.69 Å². The Kier molecular flexibility index (Phi) is 2.30. The van der Waals surface area contributed by atoms with Crippen LogP contribution in [0.4, 0.5) is 0 Å². The summed E-state index contributed by atoms with van der Waals surface area (Å²) in [5.41, 5.74) is 1.63. The van der Waals surface area contributed by atoms with E-state index in [0.717, 1.165) is 18.9 Å². The topological polar surface area (TPSA) is 39.6 Å². The van der Waals surface area contributed by atoms with Gasteiger partial charge in [-0.1, -0.05) is 22.0 Å². The second-order valence-electron chi connectivity index (χ2n) is 2.62. The highest BCUT2D eigenvalue weighted by Gasteiger charge is 2.07. The molecule has 2 rings (SSSR count). The maximum atomic E-state index is 8.79. The number of nitrogens with zero attached hydrogens (tertiary/aromatic N) is 1. The lowest BCUT2D eigenvalue weighted by Crippen LogP contribution is -1.73. The molecular formula is C9H4BrIN2. The van der Waals surface area contributed by atoms with Crippen molar-refractivity contribution in [2.45, 2.75) is 0 Å². The molecule has 1 aromatic heterocycles. The number of hydrogen-bond donors (Lipinski definition) is 1. The summed E-state index contributed by atoms with van der Waals surface area (Å²) in [7, 11) is 0. The molecule has 2 aromatic rings. The standard InChI is InChI=1S/C9H4BrIN2/c10-5-1-2-6-7(3-5)13-8(4-12)9(6)11/h1-3,13H. The van der Waals surface area contributed by atoms with E-state index in [-0.39, 0.29) is 0 Å². The first-order valence-electron chi connectivity index (χ1n) is 3.59. The van der Waals surface area contributed by atoms with Crippen molar-refractivity contribution in [2.24, 2.45) is 0 Å². The Balaban J connectivity index is 2.86. The SMILES string of the molecule is N#Cc1[nH]c2cc(Br)ccc2c1I. The molecule has 0 unspecified atom stereocenters. The van der Waals surface area contributed by atoms with Crippen LogP contribution < -0.4 is 0 Å². The number of nitriles is 1. The third-order valence-corrected chi connectivity index (χ3v) is 3.42. The molecule has 0 saturated heterocycles. The molecule has 1 N–H and O–H groups in total. The number of benzene rings is 1. The zero-order valence-electron chi connectivity index (χ0n) is 6.44. The van der Waals surface area contributed by atoms with Gasteiger partial charge in [0.25, 0.3) is 0 Å². The van der Waals surface area contributed by atoms with Gasteiger partial charge in [0.1, 0.15) is 11.8 Å². The third kappa shape index (κ3) is 1.46. The molecule has 13 heavy (non-hydrogen) atoms. The minimum Gasteiger partial charge on any atom is -0.345 e. The average Bonchev–Trinajstić information content (AvgIpc) is 2.42. The van der Waals surface area contributed by atoms with Crippen LogP contribution >= 0.6 is 38.5 Å². The van der Waals surface area contributed by atoms with Crippen molar-refractivity contribution < 1.29 is 0 Å². The lowest BCUT2D eigenvalue weighted by Gasteiger charge is -1.90. The van der Waals surface area contributed by atoms with E-state index in [2.05, 4.69) is 49.6 Å². The summed E-state index contributed by atoms with van der Waals surface area (Å²) in [6, 6.07) is 8.07. The molecule has 0 atom stereocenters. The Hall–Kier alpha value is -0.540. The second kappa shape index (κ2) is 3.31. The van der Waals surface area contributed by atoms with Crippen LogP contribution in [-0.2, 0) is 0 Å². The van der Waals surface area contributed by atoms with Gasteiger partial charge in [-0.05, 0) is 34.7 Å². The van der Waals surface area contributed by atoms with Crippen LogP contribution in [0.5, 0.6) is 0 Å². The summed E-state index contributed by atoms with van der Waals surface area (Å²) in [6.07, 6.45) is 0. The summed E-state index contributed by atoms with van der Waals surface area (Å²) >= 11 is 5.56. The third-order valence-electron chi connectivity index (χ3n) is 1.81. The molecule has 1 heterocycles. The molecule has 64 valence electrons. The molecule has 0 aliphatic heterocycles. The zero-order valence-corrected chi connectivity index (χ0v) is 10.2. The Labute approximate surface area is 97.2 Å². The van der Waals surface area contributed by atoms with E-state index in [1.807, 2.05) is 18.2 Å². The molecule has 2 nitrogen and oxygen atoms in total. The van der Waals surface area contributed by atoms with Gasteiger partial charge in [-0.2, -0.15) is 5.26 Å². The summed E-state index contributed by atoms with van der Waals surface area (Å²) in [6.45, 7) is 0. The van der Waals surface area contributed by atoms with E-state index >= 15 is 0 Å². The number of aromatic amines is 1. The monoisotopic (exact) mass is 346 g/mol. The molecule has 0 amide bonds. The first-order valence-corrected chi connectivity index (χ1v) is 5.46. The molecule has 0 spiro atoms. The fourth-order valence-corrected chi connectivity index (χ4v) is 2.30. The minimum absolute atomic E-state index is 0.633. The summed E-state index contributed by atoms with van der Waals surface area (Å²) in [5, 5.41) is 9.89. The van der Waals surface area contributed by atoms with Gasteiger partial charge in [0.15, 0.2) is 0 Å². The molecule has 0 aliphatic rings. The van der Waals surface area contributed by atoms with E-state index in [0.29, 0.717) is 5.69 Å². The fourth-order valence-electron chi connectivity index (χ4n) is 1.21. The predicted octanol–water partition coefficient (Wildman–Crippen LogP) is 3.41. The van der Waals surface area contributed by atoms with Crippen molar-refractivity contribution in [3.63, 3.8) is 0 Å². The molecule has 4 heteroatoms. The van der Waals surface area contributed by atoms with Crippen LogP contribution in [-0.4, -0.2) is 4.98 Å². The summed E-state index contributed by atoms with van der Waals surface area (Å²) in [4.78, 5) is 3.06. The van der Waals surface area contributed by atoms with Crippen LogP contribution in [0.3, 0.4) is 0 Å². The van der Waals surface area contributed by atoms with Crippen molar-refractivity contribution >= 4 is 49.4 Å². The van der Waals surface area contributed by atoms with Gasteiger partial charge in [0.05, 0.1) is 3.57 Å². The normalized spacial score (nSPS) is 10.2. The maximum absolute atomic E-state index is 8.79. The van der Waals surface area contributed by atoms with Crippen molar-refractivity contribution in [1.29, 1.82) is 5.26 Å². The zero-order chi connectivity index (χ0) is 9.42. The Bertz CT molecular complexity index is 510. The molecule has 0 fully saturated rings. The van der Waals surface area contributed by atoms with Crippen molar-refractivity contribution in [3.05, 3.63) is 31.9 Å². The average molecular weight is 347 g/mol. The molecule has 0 aliphatic carbocycles. The fraction of sp³-hybridized carbons (Fsp3) is 0. The quantitative estimate of drug-likeness (QED) is 0.729. The van der Waals surface area contributed by atoms with Crippen LogP contribution in [0, 0.1) is 14.9 Å². The second-order valence-corrected chi connectivity index (χ2v) is 4.61. The number of aromatic nitrogens is 1. The highest BCUT2D eigenvalue weighted by molar-refractivity contribution is 14.1. The summed E-state index contributed by atoms with van der Waals surface area (Å²) < 4.78 is 2.00. The van der Waals surface area contributed by atoms with Crippen molar-refractivity contribution in [2.75, 3.05) is 0 Å².